The lowest BCUT2D eigenvalue weighted by Crippen LogP contribution is -1.91. The molecule has 3 aromatic rings. The monoisotopic (exact) mass is 424 g/mol. The lowest BCUT2D eigenvalue weighted by atomic mass is 10.1. The summed E-state index contributed by atoms with van der Waals surface area (Å²) in [5.74, 6) is 1.95. The summed E-state index contributed by atoms with van der Waals surface area (Å²) in [6, 6.07) is 18.0. The summed E-state index contributed by atoms with van der Waals surface area (Å²) >= 11 is 13.1. The average Bonchev–Trinajstić information content (AvgIpc) is 2.51. The van der Waals surface area contributed by atoms with Crippen LogP contribution in [0.15, 0.2) is 63.5 Å². The molecular weight excluding hydrogens is 415 g/mol. The highest BCUT2D eigenvalue weighted by atomic mass is 79.9. The van der Waals surface area contributed by atoms with E-state index in [4.69, 9.17) is 16.3 Å². The Balaban J connectivity index is 2.04. The number of fused-ring (bicyclic) bond motifs is 1. The Labute approximate surface area is 145 Å². The molecule has 4 heteroatoms. The fourth-order valence-electron chi connectivity index (χ4n) is 2.16. The summed E-state index contributed by atoms with van der Waals surface area (Å²) in [6.45, 7) is 0. The molecule has 0 amide bonds. The van der Waals surface area contributed by atoms with Gasteiger partial charge in [-0.15, -0.1) is 11.6 Å². The van der Waals surface area contributed by atoms with E-state index >= 15 is 0 Å². The van der Waals surface area contributed by atoms with Crippen molar-refractivity contribution in [3.05, 3.63) is 69.1 Å². The van der Waals surface area contributed by atoms with E-state index in [1.807, 2.05) is 36.4 Å². The summed E-state index contributed by atoms with van der Waals surface area (Å²) in [7, 11) is 0. The minimum atomic E-state index is 0.403. The molecule has 0 heterocycles. The molecule has 1 nitrogen and oxygen atoms in total. The third kappa shape index (κ3) is 3.10. The van der Waals surface area contributed by atoms with Crippen molar-refractivity contribution in [2.75, 3.05) is 0 Å². The average molecular weight is 427 g/mol. The van der Waals surface area contributed by atoms with Gasteiger partial charge in [0.1, 0.15) is 11.5 Å². The van der Waals surface area contributed by atoms with E-state index in [9.17, 15) is 0 Å². The molecule has 0 radical (unpaired) electrons. The third-order valence-electron chi connectivity index (χ3n) is 3.21. The summed E-state index contributed by atoms with van der Waals surface area (Å²) in [5.41, 5.74) is 0.950. The van der Waals surface area contributed by atoms with E-state index in [2.05, 4.69) is 50.1 Å². The molecule has 3 rings (SSSR count). The van der Waals surface area contributed by atoms with Crippen LogP contribution in [-0.4, -0.2) is 0 Å². The first-order chi connectivity index (χ1) is 10.2. The Morgan fingerprint density at radius 3 is 2.48 bits per heavy atom. The molecule has 0 bridgehead atoms. The van der Waals surface area contributed by atoms with Gasteiger partial charge in [0.2, 0.25) is 0 Å². The standard InChI is InChI=1S/C17H11Br2ClO/c18-13-6-8-15(12(9-13)10-20)21-16-7-5-11-3-1-2-4-14(11)17(16)19/h1-9H,10H2. The van der Waals surface area contributed by atoms with Crippen molar-refractivity contribution in [2.24, 2.45) is 0 Å². The zero-order valence-electron chi connectivity index (χ0n) is 10.9. The predicted molar refractivity (Wildman–Crippen MR) is 95.4 cm³/mol. The quantitative estimate of drug-likeness (QED) is 0.414. The second-order valence-electron chi connectivity index (χ2n) is 4.59. The van der Waals surface area contributed by atoms with Gasteiger partial charge in [0.25, 0.3) is 0 Å². The van der Waals surface area contributed by atoms with Crippen LogP contribution in [0.4, 0.5) is 0 Å². The molecular formula is C17H11Br2ClO. The van der Waals surface area contributed by atoms with Crippen LogP contribution in [-0.2, 0) is 5.88 Å². The highest BCUT2D eigenvalue weighted by Gasteiger charge is 2.10. The molecule has 0 saturated carbocycles. The number of hydrogen-bond acceptors (Lipinski definition) is 1. The van der Waals surface area contributed by atoms with Crippen molar-refractivity contribution in [3.8, 4) is 11.5 Å². The summed E-state index contributed by atoms with van der Waals surface area (Å²) in [4.78, 5) is 0. The number of halogens is 3. The van der Waals surface area contributed by atoms with Crippen molar-refractivity contribution in [2.45, 2.75) is 5.88 Å². The van der Waals surface area contributed by atoms with Gasteiger partial charge < -0.3 is 4.74 Å². The van der Waals surface area contributed by atoms with Crippen LogP contribution in [0.25, 0.3) is 10.8 Å². The molecule has 0 atom stereocenters. The number of rotatable bonds is 3. The first kappa shape index (κ1) is 14.9. The topological polar surface area (TPSA) is 9.23 Å². The van der Waals surface area contributed by atoms with Gasteiger partial charge in [0, 0.05) is 10.0 Å². The molecule has 3 aromatic carbocycles. The van der Waals surface area contributed by atoms with Gasteiger partial charge in [-0.2, -0.15) is 0 Å². The number of hydrogen-bond donors (Lipinski definition) is 0. The van der Waals surface area contributed by atoms with Gasteiger partial charge in [-0.3, -0.25) is 0 Å². The van der Waals surface area contributed by atoms with Crippen LogP contribution < -0.4 is 4.74 Å². The smallest absolute Gasteiger partial charge is 0.142 e. The van der Waals surface area contributed by atoms with E-state index in [1.165, 1.54) is 5.39 Å². The maximum absolute atomic E-state index is 6.04. The van der Waals surface area contributed by atoms with Gasteiger partial charge in [-0.05, 0) is 51.0 Å². The Bertz CT molecular complexity index is 802. The molecule has 0 N–H and O–H groups in total. The van der Waals surface area contributed by atoms with Gasteiger partial charge in [-0.25, -0.2) is 0 Å². The van der Waals surface area contributed by atoms with Crippen molar-refractivity contribution in [1.82, 2.24) is 0 Å². The first-order valence-corrected chi connectivity index (χ1v) is 8.50. The Hall–Kier alpha value is -1.03. The van der Waals surface area contributed by atoms with Gasteiger partial charge >= 0.3 is 0 Å². The second kappa shape index (κ2) is 6.39. The van der Waals surface area contributed by atoms with Crippen LogP contribution >= 0.6 is 43.5 Å². The largest absolute Gasteiger partial charge is 0.456 e. The number of alkyl halides is 1. The Kier molecular flexibility index (Phi) is 4.53. The van der Waals surface area contributed by atoms with Crippen molar-refractivity contribution in [1.29, 1.82) is 0 Å². The molecule has 0 saturated heterocycles. The molecule has 0 aliphatic carbocycles. The minimum Gasteiger partial charge on any atom is -0.456 e. The second-order valence-corrected chi connectivity index (χ2v) is 6.56. The number of ether oxygens (including phenoxy) is 1. The van der Waals surface area contributed by atoms with Gasteiger partial charge in [-0.1, -0.05) is 46.3 Å². The molecule has 0 fully saturated rings. The molecule has 0 spiro atoms. The Morgan fingerprint density at radius 2 is 1.67 bits per heavy atom. The van der Waals surface area contributed by atoms with Crippen molar-refractivity contribution < 1.29 is 4.74 Å². The van der Waals surface area contributed by atoms with Crippen LogP contribution in [0, 0.1) is 0 Å². The van der Waals surface area contributed by atoms with Crippen LogP contribution in [0.1, 0.15) is 5.56 Å². The maximum atomic E-state index is 6.04. The first-order valence-electron chi connectivity index (χ1n) is 6.38. The fraction of sp³-hybridized carbons (Fsp3) is 0.0588. The van der Waals surface area contributed by atoms with Crippen LogP contribution in [0.2, 0.25) is 0 Å². The third-order valence-corrected chi connectivity index (χ3v) is 4.81. The zero-order valence-corrected chi connectivity index (χ0v) is 14.9. The highest BCUT2D eigenvalue weighted by molar-refractivity contribution is 9.11. The normalized spacial score (nSPS) is 10.8. The van der Waals surface area contributed by atoms with E-state index in [0.717, 1.165) is 31.4 Å². The molecule has 0 unspecified atom stereocenters. The van der Waals surface area contributed by atoms with Crippen molar-refractivity contribution >= 4 is 54.2 Å². The molecule has 0 aliphatic rings. The molecule has 21 heavy (non-hydrogen) atoms. The van der Waals surface area contributed by atoms with Crippen molar-refractivity contribution in [3.63, 3.8) is 0 Å². The minimum absolute atomic E-state index is 0.403. The summed E-state index contributed by atoms with van der Waals surface area (Å²) < 4.78 is 7.98. The predicted octanol–water partition coefficient (Wildman–Crippen LogP) is 6.90. The van der Waals surface area contributed by atoms with E-state index < -0.39 is 0 Å². The lowest BCUT2D eigenvalue weighted by molar-refractivity contribution is 0.476. The van der Waals surface area contributed by atoms with E-state index in [0.29, 0.717) is 5.88 Å². The van der Waals surface area contributed by atoms with Gasteiger partial charge in [0.15, 0.2) is 0 Å². The fourth-order valence-corrected chi connectivity index (χ4v) is 3.35. The summed E-state index contributed by atoms with van der Waals surface area (Å²) in [6.07, 6.45) is 0. The summed E-state index contributed by atoms with van der Waals surface area (Å²) in [5, 5.41) is 2.30. The lowest BCUT2D eigenvalue weighted by Gasteiger charge is -2.13. The molecule has 106 valence electrons. The van der Waals surface area contributed by atoms with Gasteiger partial charge in [0.05, 0.1) is 10.4 Å². The van der Waals surface area contributed by atoms with Crippen LogP contribution in [0.3, 0.4) is 0 Å². The van der Waals surface area contributed by atoms with E-state index in [1.54, 1.807) is 0 Å². The molecule has 0 aliphatic heterocycles. The highest BCUT2D eigenvalue weighted by Crippen LogP contribution is 2.37. The SMILES string of the molecule is ClCc1cc(Br)ccc1Oc1ccc2ccccc2c1Br. The number of benzene rings is 3. The van der Waals surface area contributed by atoms with Crippen LogP contribution in [0.5, 0.6) is 11.5 Å². The zero-order chi connectivity index (χ0) is 14.8. The Morgan fingerprint density at radius 1 is 0.905 bits per heavy atom. The molecule has 0 aromatic heterocycles. The van der Waals surface area contributed by atoms with E-state index in [-0.39, 0.29) is 0 Å². The maximum Gasteiger partial charge on any atom is 0.142 e.